The van der Waals surface area contributed by atoms with E-state index in [4.69, 9.17) is 9.47 Å². The highest BCUT2D eigenvalue weighted by Crippen LogP contribution is 2.39. The second-order valence-electron chi connectivity index (χ2n) is 6.07. The van der Waals surface area contributed by atoms with Crippen LogP contribution in [0.1, 0.15) is 24.4 Å². The summed E-state index contributed by atoms with van der Waals surface area (Å²) in [6.07, 6.45) is 2.10. The Labute approximate surface area is 131 Å². The lowest BCUT2D eigenvalue weighted by Gasteiger charge is -2.41. The molecule has 2 aliphatic rings. The lowest BCUT2D eigenvalue weighted by molar-refractivity contribution is 0.0206. The average molecular weight is 308 g/mol. The molecule has 1 atom stereocenters. The maximum atomic E-state index is 13.6. The summed E-state index contributed by atoms with van der Waals surface area (Å²) in [6.45, 7) is 5.67. The molecule has 2 saturated heterocycles. The Morgan fingerprint density at radius 2 is 2.00 bits per heavy atom. The van der Waals surface area contributed by atoms with Crippen molar-refractivity contribution in [3.05, 3.63) is 29.6 Å². The Morgan fingerprint density at radius 1 is 1.27 bits per heavy atom. The minimum absolute atomic E-state index is 0.244. The predicted octanol–water partition coefficient (Wildman–Crippen LogP) is 2.21. The molecule has 0 aromatic heterocycles. The highest BCUT2D eigenvalue weighted by Gasteiger charge is 2.33. The van der Waals surface area contributed by atoms with E-state index in [1.165, 1.54) is 6.07 Å². The number of ether oxygens (including phenoxy) is 2. The zero-order chi connectivity index (χ0) is 15.4. The number of piperazine rings is 1. The Bertz CT molecular complexity index is 468. The number of nitrogens with zero attached hydrogens (tertiary/aromatic N) is 1. The first-order chi connectivity index (χ1) is 10.8. The van der Waals surface area contributed by atoms with E-state index in [1.54, 1.807) is 13.2 Å². The largest absolute Gasteiger partial charge is 0.496 e. The second kappa shape index (κ2) is 7.40. The van der Waals surface area contributed by atoms with Crippen LogP contribution in [0.2, 0.25) is 0 Å². The van der Waals surface area contributed by atoms with Crippen molar-refractivity contribution in [3.63, 3.8) is 0 Å². The van der Waals surface area contributed by atoms with Crippen molar-refractivity contribution in [1.29, 1.82) is 0 Å². The van der Waals surface area contributed by atoms with Gasteiger partial charge in [-0.3, -0.25) is 4.90 Å². The summed E-state index contributed by atoms with van der Waals surface area (Å²) in [7, 11) is 1.62. The fourth-order valence-corrected chi connectivity index (χ4v) is 3.67. The molecule has 1 aromatic carbocycles. The number of halogens is 1. The third-order valence-electron chi connectivity index (χ3n) is 4.77. The summed E-state index contributed by atoms with van der Waals surface area (Å²) in [4.78, 5) is 2.52. The lowest BCUT2D eigenvalue weighted by Crippen LogP contribution is -2.47. The maximum Gasteiger partial charge on any atom is 0.126 e. The highest BCUT2D eigenvalue weighted by molar-refractivity contribution is 5.37. The van der Waals surface area contributed by atoms with E-state index in [1.807, 2.05) is 6.07 Å². The molecular weight excluding hydrogens is 283 g/mol. The zero-order valence-electron chi connectivity index (χ0n) is 13.2. The van der Waals surface area contributed by atoms with Crippen LogP contribution in [0.25, 0.3) is 0 Å². The van der Waals surface area contributed by atoms with Crippen LogP contribution in [0.5, 0.6) is 5.75 Å². The van der Waals surface area contributed by atoms with Crippen LogP contribution < -0.4 is 10.1 Å². The predicted molar refractivity (Wildman–Crippen MR) is 83.7 cm³/mol. The molecule has 2 heterocycles. The van der Waals surface area contributed by atoms with Crippen LogP contribution in [0.3, 0.4) is 0 Å². The molecule has 0 unspecified atom stereocenters. The van der Waals surface area contributed by atoms with Crippen molar-refractivity contribution in [2.45, 2.75) is 18.9 Å². The minimum atomic E-state index is -0.244. The summed E-state index contributed by atoms with van der Waals surface area (Å²) in [5, 5.41) is 3.40. The number of methoxy groups -OCH3 is 1. The van der Waals surface area contributed by atoms with Crippen LogP contribution in [-0.2, 0) is 4.74 Å². The average Bonchev–Trinajstić information content (AvgIpc) is 2.58. The number of nitrogens with one attached hydrogen (secondary N) is 1. The first-order valence-corrected chi connectivity index (χ1v) is 8.15. The third-order valence-corrected chi connectivity index (χ3v) is 4.77. The van der Waals surface area contributed by atoms with E-state index in [0.29, 0.717) is 11.7 Å². The first kappa shape index (κ1) is 15.7. The summed E-state index contributed by atoms with van der Waals surface area (Å²) >= 11 is 0. The molecule has 122 valence electrons. The molecule has 0 spiro atoms. The zero-order valence-corrected chi connectivity index (χ0v) is 13.2. The monoisotopic (exact) mass is 308 g/mol. The number of hydrogen-bond acceptors (Lipinski definition) is 4. The molecule has 0 aliphatic carbocycles. The molecule has 2 aliphatic heterocycles. The van der Waals surface area contributed by atoms with Gasteiger partial charge in [0.1, 0.15) is 11.6 Å². The molecule has 22 heavy (non-hydrogen) atoms. The molecule has 2 fully saturated rings. The van der Waals surface area contributed by atoms with Crippen molar-refractivity contribution in [2.24, 2.45) is 5.92 Å². The summed E-state index contributed by atoms with van der Waals surface area (Å²) in [5.41, 5.74) is 1.11. The van der Waals surface area contributed by atoms with E-state index in [2.05, 4.69) is 10.2 Å². The Balaban J connectivity index is 1.92. The number of rotatable bonds is 4. The van der Waals surface area contributed by atoms with Crippen LogP contribution in [0.15, 0.2) is 18.2 Å². The van der Waals surface area contributed by atoms with Gasteiger partial charge in [0.2, 0.25) is 0 Å². The van der Waals surface area contributed by atoms with Gasteiger partial charge >= 0.3 is 0 Å². The van der Waals surface area contributed by atoms with Crippen LogP contribution in [0.4, 0.5) is 4.39 Å². The Kier molecular flexibility index (Phi) is 5.28. The van der Waals surface area contributed by atoms with Crippen LogP contribution >= 0.6 is 0 Å². The molecule has 0 saturated carbocycles. The summed E-state index contributed by atoms with van der Waals surface area (Å²) in [5.74, 6) is 0.952. The van der Waals surface area contributed by atoms with Gasteiger partial charge < -0.3 is 14.8 Å². The first-order valence-electron chi connectivity index (χ1n) is 8.15. The van der Waals surface area contributed by atoms with Gasteiger partial charge in [-0.25, -0.2) is 4.39 Å². The SMILES string of the molecule is COc1cc(F)ccc1[C@H](C1CCOCC1)N1CCNCC1. The van der Waals surface area contributed by atoms with Gasteiger partial charge in [-0.1, -0.05) is 6.07 Å². The number of hydrogen-bond donors (Lipinski definition) is 1. The van der Waals surface area contributed by atoms with Gasteiger partial charge in [0, 0.05) is 57.1 Å². The second-order valence-corrected chi connectivity index (χ2v) is 6.07. The Hall–Kier alpha value is -1.17. The Morgan fingerprint density at radius 3 is 2.68 bits per heavy atom. The summed E-state index contributed by atoms with van der Waals surface area (Å²) in [6, 6.07) is 5.23. The van der Waals surface area contributed by atoms with Crippen LogP contribution in [0, 0.1) is 11.7 Å². The quantitative estimate of drug-likeness (QED) is 0.925. The van der Waals surface area contributed by atoms with Crippen molar-refractivity contribution in [2.75, 3.05) is 46.5 Å². The van der Waals surface area contributed by atoms with Crippen molar-refractivity contribution in [1.82, 2.24) is 10.2 Å². The van der Waals surface area contributed by atoms with Gasteiger partial charge in [-0.15, -0.1) is 0 Å². The standard InChI is InChI=1S/C17H25FN2O2/c1-21-16-12-14(18)2-3-15(16)17(13-4-10-22-11-5-13)20-8-6-19-7-9-20/h2-3,12-13,17,19H,4-11H2,1H3/t17-/m0/s1. The van der Waals surface area contributed by atoms with Gasteiger partial charge in [-0.2, -0.15) is 0 Å². The fourth-order valence-electron chi connectivity index (χ4n) is 3.67. The molecule has 5 heteroatoms. The van der Waals surface area contributed by atoms with Crippen molar-refractivity contribution < 1.29 is 13.9 Å². The molecule has 1 N–H and O–H groups in total. The van der Waals surface area contributed by atoms with Gasteiger partial charge in [0.15, 0.2) is 0 Å². The molecule has 3 rings (SSSR count). The third kappa shape index (κ3) is 3.42. The maximum absolute atomic E-state index is 13.6. The van der Waals surface area contributed by atoms with E-state index >= 15 is 0 Å². The smallest absolute Gasteiger partial charge is 0.126 e. The van der Waals surface area contributed by atoms with Gasteiger partial charge in [0.25, 0.3) is 0 Å². The lowest BCUT2D eigenvalue weighted by atomic mass is 9.85. The molecule has 4 nitrogen and oxygen atoms in total. The van der Waals surface area contributed by atoms with Crippen LogP contribution in [-0.4, -0.2) is 51.4 Å². The van der Waals surface area contributed by atoms with Gasteiger partial charge in [0.05, 0.1) is 7.11 Å². The highest BCUT2D eigenvalue weighted by atomic mass is 19.1. The molecule has 1 aromatic rings. The normalized spacial score (nSPS) is 22.5. The van der Waals surface area contributed by atoms with E-state index in [0.717, 1.165) is 57.8 Å². The van der Waals surface area contributed by atoms with E-state index in [9.17, 15) is 4.39 Å². The topological polar surface area (TPSA) is 33.7 Å². The summed E-state index contributed by atoms with van der Waals surface area (Å²) < 4.78 is 24.6. The molecule has 0 radical (unpaired) electrons. The van der Waals surface area contributed by atoms with E-state index < -0.39 is 0 Å². The molecule has 0 amide bonds. The van der Waals surface area contributed by atoms with E-state index in [-0.39, 0.29) is 11.9 Å². The minimum Gasteiger partial charge on any atom is -0.496 e. The van der Waals surface area contributed by atoms with Crippen molar-refractivity contribution >= 4 is 0 Å². The fraction of sp³-hybridized carbons (Fsp3) is 0.647. The molecule has 0 bridgehead atoms. The molecular formula is C17H25FN2O2. The van der Waals surface area contributed by atoms with Gasteiger partial charge in [-0.05, 0) is 24.8 Å². The van der Waals surface area contributed by atoms with Crippen molar-refractivity contribution in [3.8, 4) is 5.75 Å². The number of benzene rings is 1.